The van der Waals surface area contributed by atoms with E-state index in [-0.39, 0.29) is 0 Å². The summed E-state index contributed by atoms with van der Waals surface area (Å²) in [6.45, 7) is 3.56. The Morgan fingerprint density at radius 2 is 1.96 bits per heavy atom. The van der Waals surface area contributed by atoms with Gasteiger partial charge in [-0.2, -0.15) is 4.98 Å². The van der Waals surface area contributed by atoms with E-state index < -0.39 is 0 Å². The van der Waals surface area contributed by atoms with E-state index in [2.05, 4.69) is 70.9 Å². The first kappa shape index (κ1) is 15.1. The van der Waals surface area contributed by atoms with Crippen LogP contribution in [0.5, 0.6) is 0 Å². The molecule has 0 bridgehead atoms. The molecular weight excluding hydrogens is 298 g/mol. The van der Waals surface area contributed by atoms with Crippen molar-refractivity contribution in [2.75, 3.05) is 0 Å². The Hall–Kier alpha value is -2.46. The van der Waals surface area contributed by atoms with Crippen LogP contribution in [0.15, 0.2) is 53.1 Å². The molecule has 1 heterocycles. The molecule has 4 rings (SSSR count). The molecule has 1 N–H and O–H groups in total. The van der Waals surface area contributed by atoms with Gasteiger partial charge in [-0.25, -0.2) is 0 Å². The van der Waals surface area contributed by atoms with E-state index in [1.807, 2.05) is 0 Å². The second-order valence-corrected chi connectivity index (χ2v) is 6.44. The maximum Gasteiger partial charge on any atom is 0.229 e. The molecule has 3 aromatic rings. The van der Waals surface area contributed by atoms with Crippen molar-refractivity contribution in [3.63, 3.8) is 0 Å². The van der Waals surface area contributed by atoms with Gasteiger partial charge in [0.1, 0.15) is 0 Å². The molecule has 0 aliphatic heterocycles. The lowest BCUT2D eigenvalue weighted by Crippen LogP contribution is -2.13. The number of aryl methyl sites for hydroxylation is 1. The molecule has 1 aromatic heterocycles. The van der Waals surface area contributed by atoms with Gasteiger partial charge in [-0.3, -0.25) is 0 Å². The Balaban J connectivity index is 1.39. The van der Waals surface area contributed by atoms with Gasteiger partial charge in [-0.05, 0) is 48.1 Å². The van der Waals surface area contributed by atoms with E-state index in [1.165, 1.54) is 35.1 Å². The molecule has 0 radical (unpaired) electrons. The lowest BCUT2D eigenvalue weighted by atomic mass is 9.99. The minimum Gasteiger partial charge on any atom is -0.339 e. The molecule has 0 unspecified atom stereocenters. The van der Waals surface area contributed by atoms with Crippen molar-refractivity contribution >= 4 is 0 Å². The lowest BCUT2D eigenvalue weighted by molar-refractivity contribution is 0.372. The minimum atomic E-state index is 0.511. The molecule has 4 nitrogen and oxygen atoms in total. The van der Waals surface area contributed by atoms with E-state index in [4.69, 9.17) is 4.52 Å². The van der Waals surface area contributed by atoms with E-state index in [0.717, 1.165) is 18.3 Å². The summed E-state index contributed by atoms with van der Waals surface area (Å²) in [6.07, 6.45) is 2.36. The number of hydrogen-bond donors (Lipinski definition) is 1. The predicted molar refractivity (Wildman–Crippen MR) is 93.4 cm³/mol. The van der Waals surface area contributed by atoms with Gasteiger partial charge in [0, 0.05) is 12.5 Å². The minimum absolute atomic E-state index is 0.511. The Bertz CT molecular complexity index is 836. The zero-order valence-corrected chi connectivity index (χ0v) is 13.8. The first-order valence-corrected chi connectivity index (χ1v) is 8.48. The summed E-state index contributed by atoms with van der Waals surface area (Å²) >= 11 is 0. The molecule has 0 spiro atoms. The fraction of sp³-hybridized carbons (Fsp3) is 0.300. The van der Waals surface area contributed by atoms with Gasteiger partial charge in [-0.1, -0.05) is 47.6 Å². The Morgan fingerprint density at radius 3 is 2.79 bits per heavy atom. The van der Waals surface area contributed by atoms with Crippen molar-refractivity contribution in [1.82, 2.24) is 15.5 Å². The van der Waals surface area contributed by atoms with E-state index in [9.17, 15) is 0 Å². The number of nitrogens with one attached hydrogen (secondary N) is 1. The van der Waals surface area contributed by atoms with Crippen LogP contribution in [0.2, 0.25) is 0 Å². The highest BCUT2D eigenvalue weighted by molar-refractivity contribution is 5.67. The van der Waals surface area contributed by atoms with Crippen LogP contribution in [0, 0.1) is 6.92 Å². The van der Waals surface area contributed by atoms with Crippen LogP contribution in [0.3, 0.4) is 0 Å². The summed E-state index contributed by atoms with van der Waals surface area (Å²) in [7, 11) is 0. The summed E-state index contributed by atoms with van der Waals surface area (Å²) in [6, 6.07) is 17.1. The average molecular weight is 319 g/mol. The monoisotopic (exact) mass is 319 g/mol. The summed E-state index contributed by atoms with van der Waals surface area (Å²) in [5.41, 5.74) is 5.08. The van der Waals surface area contributed by atoms with Crippen LogP contribution in [0.25, 0.3) is 11.1 Å². The van der Waals surface area contributed by atoms with Gasteiger partial charge >= 0.3 is 0 Å². The van der Waals surface area contributed by atoms with Gasteiger partial charge in [0.25, 0.3) is 0 Å². The third-order valence-corrected chi connectivity index (χ3v) is 4.41. The van der Waals surface area contributed by atoms with Crippen LogP contribution in [0.1, 0.15) is 41.6 Å². The first-order chi connectivity index (χ1) is 11.8. The van der Waals surface area contributed by atoms with Crippen molar-refractivity contribution in [1.29, 1.82) is 0 Å². The molecule has 2 aromatic carbocycles. The summed E-state index contributed by atoms with van der Waals surface area (Å²) < 4.78 is 5.28. The summed E-state index contributed by atoms with van der Waals surface area (Å²) in [5, 5.41) is 7.44. The number of nitrogens with zero attached hydrogens (tertiary/aromatic N) is 2. The van der Waals surface area contributed by atoms with Crippen molar-refractivity contribution in [2.45, 2.75) is 38.8 Å². The van der Waals surface area contributed by atoms with Crippen molar-refractivity contribution in [3.8, 4) is 11.1 Å². The molecule has 24 heavy (non-hydrogen) atoms. The van der Waals surface area contributed by atoms with Crippen molar-refractivity contribution in [2.24, 2.45) is 0 Å². The number of aromatic nitrogens is 2. The fourth-order valence-electron chi connectivity index (χ4n) is 2.90. The molecule has 0 amide bonds. The zero-order valence-electron chi connectivity index (χ0n) is 13.8. The third kappa shape index (κ3) is 3.39. The number of hydrogen-bond acceptors (Lipinski definition) is 4. The van der Waals surface area contributed by atoms with Crippen LogP contribution < -0.4 is 5.32 Å². The molecule has 1 saturated carbocycles. The fourth-order valence-corrected chi connectivity index (χ4v) is 2.90. The van der Waals surface area contributed by atoms with E-state index >= 15 is 0 Å². The van der Waals surface area contributed by atoms with E-state index in [0.29, 0.717) is 12.5 Å². The summed E-state index contributed by atoms with van der Waals surface area (Å²) in [4.78, 5) is 4.44. The number of benzene rings is 2. The highest BCUT2D eigenvalue weighted by Gasteiger charge is 2.29. The van der Waals surface area contributed by atoms with Crippen molar-refractivity contribution in [3.05, 3.63) is 71.4 Å². The maximum absolute atomic E-state index is 5.28. The van der Waals surface area contributed by atoms with Gasteiger partial charge in [-0.15, -0.1) is 0 Å². The highest BCUT2D eigenvalue weighted by Crippen LogP contribution is 2.38. The SMILES string of the molecule is Cc1ccccc1-c1cccc(CNCc2noc(C3CC3)n2)c1. The summed E-state index contributed by atoms with van der Waals surface area (Å²) in [5.74, 6) is 2.05. The smallest absolute Gasteiger partial charge is 0.229 e. The molecule has 1 aliphatic carbocycles. The normalized spacial score (nSPS) is 14.0. The van der Waals surface area contributed by atoms with E-state index in [1.54, 1.807) is 0 Å². The number of rotatable bonds is 6. The lowest BCUT2D eigenvalue weighted by Gasteiger charge is -2.08. The van der Waals surface area contributed by atoms with Crippen LogP contribution in [0.4, 0.5) is 0 Å². The molecule has 0 saturated heterocycles. The van der Waals surface area contributed by atoms with Gasteiger partial charge in [0.05, 0.1) is 6.54 Å². The largest absolute Gasteiger partial charge is 0.339 e. The third-order valence-electron chi connectivity index (χ3n) is 4.41. The quantitative estimate of drug-likeness (QED) is 0.739. The van der Waals surface area contributed by atoms with Crippen molar-refractivity contribution < 1.29 is 4.52 Å². The standard InChI is InChI=1S/C20H21N3O/c1-14-5-2-3-8-18(14)17-7-4-6-15(11-17)12-21-13-19-22-20(24-23-19)16-9-10-16/h2-8,11,16,21H,9-10,12-13H2,1H3. The Labute approximate surface area is 141 Å². The maximum atomic E-state index is 5.28. The first-order valence-electron chi connectivity index (χ1n) is 8.48. The molecule has 0 atom stereocenters. The highest BCUT2D eigenvalue weighted by atomic mass is 16.5. The second kappa shape index (κ2) is 6.57. The van der Waals surface area contributed by atoms with Gasteiger partial charge < -0.3 is 9.84 Å². The second-order valence-electron chi connectivity index (χ2n) is 6.44. The van der Waals surface area contributed by atoms with Crippen LogP contribution >= 0.6 is 0 Å². The molecule has 1 fully saturated rings. The zero-order chi connectivity index (χ0) is 16.4. The van der Waals surface area contributed by atoms with Gasteiger partial charge in [0.15, 0.2) is 5.82 Å². The Kier molecular flexibility index (Phi) is 4.13. The molecular formula is C20H21N3O. The average Bonchev–Trinajstić information content (AvgIpc) is 3.35. The molecule has 1 aliphatic rings. The van der Waals surface area contributed by atoms with Crippen LogP contribution in [-0.4, -0.2) is 10.1 Å². The predicted octanol–water partition coefficient (Wildman–Crippen LogP) is 4.21. The topological polar surface area (TPSA) is 51.0 Å². The molecule has 4 heteroatoms. The molecule has 122 valence electrons. The van der Waals surface area contributed by atoms with Crippen LogP contribution in [-0.2, 0) is 13.1 Å². The Morgan fingerprint density at radius 1 is 1.08 bits per heavy atom. The van der Waals surface area contributed by atoms with Gasteiger partial charge in [0.2, 0.25) is 5.89 Å².